The van der Waals surface area contributed by atoms with Gasteiger partial charge < -0.3 is 35.2 Å². The summed E-state index contributed by atoms with van der Waals surface area (Å²) in [6.45, 7) is 6.43. The van der Waals surface area contributed by atoms with Gasteiger partial charge in [0, 0.05) is 32.2 Å². The standard InChI is InChI=1S/C23H29N5O5/c1-15(28-7-10-33-11-8-28)25-21-19(27(2)6-9-29)13-18(23(31)32)26-22(21)20(24)17-5-3-4-16(12-17)14-30/h3-5,12-13,24-25,29-30H,1,6-11,14H2,2H3,(H,31,32). The molecule has 1 aliphatic rings. The molecule has 1 aromatic carbocycles. The van der Waals surface area contributed by atoms with Crippen molar-refractivity contribution in [2.75, 3.05) is 56.7 Å². The summed E-state index contributed by atoms with van der Waals surface area (Å²) in [6.07, 6.45) is 0. The second-order valence-corrected chi connectivity index (χ2v) is 7.61. The van der Waals surface area contributed by atoms with Crippen molar-refractivity contribution >= 4 is 23.1 Å². The highest BCUT2D eigenvalue weighted by atomic mass is 16.5. The summed E-state index contributed by atoms with van der Waals surface area (Å²) >= 11 is 0. The number of likely N-dealkylation sites (N-methyl/N-ethyl adjacent to an activating group) is 1. The minimum atomic E-state index is -1.23. The maximum Gasteiger partial charge on any atom is 0.354 e. The Balaban J connectivity index is 2.13. The van der Waals surface area contributed by atoms with Crippen molar-refractivity contribution in [3.63, 3.8) is 0 Å². The minimum absolute atomic E-state index is 0.00988. The number of nitrogens with zero attached hydrogens (tertiary/aromatic N) is 3. The lowest BCUT2D eigenvalue weighted by Gasteiger charge is -2.32. The van der Waals surface area contributed by atoms with Gasteiger partial charge in [0.05, 0.1) is 49.3 Å². The largest absolute Gasteiger partial charge is 0.477 e. The van der Waals surface area contributed by atoms with Crippen LogP contribution in [0.2, 0.25) is 0 Å². The van der Waals surface area contributed by atoms with E-state index in [-0.39, 0.29) is 36.9 Å². The van der Waals surface area contributed by atoms with Crippen LogP contribution < -0.4 is 10.2 Å². The third-order valence-corrected chi connectivity index (χ3v) is 5.36. The molecule has 0 bridgehead atoms. The smallest absolute Gasteiger partial charge is 0.354 e. The quantitative estimate of drug-likeness (QED) is 0.335. The van der Waals surface area contributed by atoms with Crippen LogP contribution in [0.5, 0.6) is 0 Å². The summed E-state index contributed by atoms with van der Waals surface area (Å²) in [4.78, 5) is 19.8. The molecule has 176 valence electrons. The minimum Gasteiger partial charge on any atom is -0.477 e. The Morgan fingerprint density at radius 1 is 1.30 bits per heavy atom. The van der Waals surface area contributed by atoms with Crippen molar-refractivity contribution in [2.24, 2.45) is 0 Å². The van der Waals surface area contributed by atoms with E-state index in [1.54, 1.807) is 36.2 Å². The fraction of sp³-hybridized carbons (Fsp3) is 0.348. The van der Waals surface area contributed by atoms with Gasteiger partial charge in [-0.15, -0.1) is 0 Å². The molecular formula is C23H29N5O5. The Bertz CT molecular complexity index is 1040. The number of carboxylic acids is 1. The molecule has 1 aliphatic heterocycles. The lowest BCUT2D eigenvalue weighted by atomic mass is 10.0. The molecule has 2 aromatic rings. The molecule has 0 aliphatic carbocycles. The van der Waals surface area contributed by atoms with Gasteiger partial charge in [0.25, 0.3) is 0 Å². The number of carbonyl (C=O) groups is 1. The number of hydrogen-bond donors (Lipinski definition) is 5. The predicted octanol–water partition coefficient (Wildman–Crippen LogP) is 1.33. The highest BCUT2D eigenvalue weighted by Crippen LogP contribution is 2.32. The van der Waals surface area contributed by atoms with Gasteiger partial charge >= 0.3 is 5.97 Å². The Labute approximate surface area is 192 Å². The topological polar surface area (TPSA) is 142 Å². The first kappa shape index (κ1) is 24.2. The van der Waals surface area contributed by atoms with E-state index in [0.717, 1.165) is 0 Å². The maximum absolute atomic E-state index is 11.8. The average molecular weight is 456 g/mol. The van der Waals surface area contributed by atoms with Crippen molar-refractivity contribution in [3.05, 3.63) is 65.2 Å². The zero-order valence-corrected chi connectivity index (χ0v) is 18.5. The molecular weight excluding hydrogens is 426 g/mol. The molecule has 1 fully saturated rings. The lowest BCUT2D eigenvalue weighted by molar-refractivity contribution is 0.0545. The molecule has 2 heterocycles. The van der Waals surface area contributed by atoms with Crippen molar-refractivity contribution in [3.8, 4) is 0 Å². The number of aliphatic hydroxyl groups excluding tert-OH is 2. The van der Waals surface area contributed by atoms with Crippen LogP contribution in [0.1, 0.15) is 27.3 Å². The summed E-state index contributed by atoms with van der Waals surface area (Å²) in [7, 11) is 1.72. The Kier molecular flexibility index (Phi) is 7.99. The first-order chi connectivity index (χ1) is 15.8. The molecule has 0 saturated carbocycles. The number of anilines is 2. The molecule has 1 saturated heterocycles. The van der Waals surface area contributed by atoms with Gasteiger partial charge in [0.15, 0.2) is 5.69 Å². The van der Waals surface area contributed by atoms with Crippen LogP contribution in [-0.4, -0.2) is 83.4 Å². The number of morpholine rings is 1. The van der Waals surface area contributed by atoms with E-state index in [4.69, 9.17) is 10.1 Å². The number of benzene rings is 1. The third kappa shape index (κ3) is 5.67. The number of carboxylic acid groups (broad SMARTS) is 1. The van der Waals surface area contributed by atoms with Gasteiger partial charge in [0.2, 0.25) is 0 Å². The highest BCUT2D eigenvalue weighted by molar-refractivity contribution is 6.15. The third-order valence-electron chi connectivity index (χ3n) is 5.36. The van der Waals surface area contributed by atoms with Crippen LogP contribution in [0, 0.1) is 5.41 Å². The summed E-state index contributed by atoms with van der Waals surface area (Å²) in [5.41, 5.74) is 1.86. The zero-order chi connectivity index (χ0) is 24.0. The van der Waals surface area contributed by atoms with Gasteiger partial charge in [-0.25, -0.2) is 9.78 Å². The summed E-state index contributed by atoms with van der Waals surface area (Å²) in [5, 5.41) is 40.7. The van der Waals surface area contributed by atoms with E-state index in [2.05, 4.69) is 16.9 Å². The Morgan fingerprint density at radius 2 is 2.03 bits per heavy atom. The van der Waals surface area contributed by atoms with E-state index < -0.39 is 5.97 Å². The van der Waals surface area contributed by atoms with Gasteiger partial charge in [-0.2, -0.15) is 0 Å². The van der Waals surface area contributed by atoms with Gasteiger partial charge in [-0.1, -0.05) is 24.8 Å². The van der Waals surface area contributed by atoms with E-state index in [0.29, 0.717) is 54.6 Å². The lowest BCUT2D eigenvalue weighted by Crippen LogP contribution is -2.38. The summed E-state index contributed by atoms with van der Waals surface area (Å²) < 4.78 is 5.40. The number of aromatic carboxylic acids is 1. The fourth-order valence-corrected chi connectivity index (χ4v) is 3.54. The normalized spacial score (nSPS) is 13.5. The molecule has 0 spiro atoms. The summed E-state index contributed by atoms with van der Waals surface area (Å²) in [6, 6.07) is 8.23. The molecule has 10 heteroatoms. The molecule has 5 N–H and O–H groups in total. The number of nitrogens with one attached hydrogen (secondary N) is 2. The van der Waals surface area contributed by atoms with Crippen molar-refractivity contribution in [2.45, 2.75) is 6.61 Å². The van der Waals surface area contributed by atoms with Crippen molar-refractivity contribution < 1.29 is 24.9 Å². The van der Waals surface area contributed by atoms with Gasteiger partial charge in [-0.05, 0) is 17.7 Å². The van der Waals surface area contributed by atoms with Crippen molar-refractivity contribution in [1.82, 2.24) is 9.88 Å². The highest BCUT2D eigenvalue weighted by Gasteiger charge is 2.24. The van der Waals surface area contributed by atoms with E-state index in [1.165, 1.54) is 6.07 Å². The monoisotopic (exact) mass is 455 g/mol. The molecule has 10 nitrogen and oxygen atoms in total. The molecule has 1 aromatic heterocycles. The molecule has 0 radical (unpaired) electrons. The number of aliphatic hydroxyl groups is 2. The van der Waals surface area contributed by atoms with Crippen molar-refractivity contribution in [1.29, 1.82) is 5.41 Å². The SMILES string of the molecule is C=C(Nc1c(N(C)CCO)cc(C(=O)O)nc1C(=N)c1cccc(CO)c1)N1CCOCC1. The van der Waals surface area contributed by atoms with Crippen LogP contribution in [0.25, 0.3) is 0 Å². The number of pyridine rings is 1. The molecule has 3 rings (SSSR count). The van der Waals surface area contributed by atoms with Crippen LogP contribution >= 0.6 is 0 Å². The molecule has 0 amide bonds. The number of rotatable bonds is 10. The van der Waals surface area contributed by atoms with E-state index in [1.807, 2.05) is 4.90 Å². The maximum atomic E-state index is 11.8. The Hall–Kier alpha value is -3.47. The van der Waals surface area contributed by atoms with Crippen LogP contribution in [-0.2, 0) is 11.3 Å². The second-order valence-electron chi connectivity index (χ2n) is 7.61. The average Bonchev–Trinajstić information content (AvgIpc) is 2.84. The molecule has 33 heavy (non-hydrogen) atoms. The first-order valence-electron chi connectivity index (χ1n) is 10.5. The van der Waals surface area contributed by atoms with Crippen LogP contribution in [0.15, 0.2) is 42.7 Å². The molecule has 0 atom stereocenters. The number of aromatic nitrogens is 1. The predicted molar refractivity (Wildman–Crippen MR) is 125 cm³/mol. The first-order valence-corrected chi connectivity index (χ1v) is 10.5. The van der Waals surface area contributed by atoms with Crippen LogP contribution in [0.3, 0.4) is 0 Å². The van der Waals surface area contributed by atoms with Gasteiger partial charge in [0.1, 0.15) is 5.69 Å². The van der Waals surface area contributed by atoms with E-state index in [9.17, 15) is 20.1 Å². The van der Waals surface area contributed by atoms with Crippen LogP contribution in [0.4, 0.5) is 11.4 Å². The second kappa shape index (κ2) is 10.9. The Morgan fingerprint density at radius 3 is 2.67 bits per heavy atom. The number of ether oxygens (including phenoxy) is 1. The molecule has 0 unspecified atom stereocenters. The van der Waals surface area contributed by atoms with E-state index >= 15 is 0 Å². The summed E-state index contributed by atoms with van der Waals surface area (Å²) in [5.74, 6) is -0.662. The fourth-order valence-electron chi connectivity index (χ4n) is 3.54. The van der Waals surface area contributed by atoms with Gasteiger partial charge in [-0.3, -0.25) is 5.41 Å². The number of hydrogen-bond acceptors (Lipinski definition) is 9. The zero-order valence-electron chi connectivity index (χ0n) is 18.5.